The zero-order chi connectivity index (χ0) is 13.5. The summed E-state index contributed by atoms with van der Waals surface area (Å²) in [5.74, 6) is -0.250. The number of imidazole rings is 1. The number of pyridine rings is 1. The average Bonchev–Trinajstić information content (AvgIpc) is 2.92. The average molecular weight is 262 g/mol. The molecule has 4 aromatic rings. The van der Waals surface area contributed by atoms with E-state index >= 15 is 0 Å². The Hall–Kier alpha value is -2.68. The second kappa shape index (κ2) is 4.17. The Labute approximate surface area is 115 Å². The van der Waals surface area contributed by atoms with E-state index < -0.39 is 0 Å². The summed E-state index contributed by atoms with van der Waals surface area (Å²) in [7, 11) is 0. The van der Waals surface area contributed by atoms with E-state index in [1.54, 1.807) is 12.1 Å². The number of rotatable bonds is 1. The third-order valence-corrected chi connectivity index (χ3v) is 3.50. The lowest BCUT2D eigenvalue weighted by Crippen LogP contribution is -1.83. The Morgan fingerprint density at radius 2 is 1.70 bits per heavy atom. The first-order chi connectivity index (χ1) is 9.83. The maximum Gasteiger partial charge on any atom is 0.145 e. The van der Waals surface area contributed by atoms with Crippen LogP contribution in [0.3, 0.4) is 0 Å². The third kappa shape index (κ3) is 1.60. The zero-order valence-electron chi connectivity index (χ0n) is 10.6. The van der Waals surface area contributed by atoms with Crippen LogP contribution in [0, 0.1) is 5.82 Å². The first-order valence-electron chi connectivity index (χ1n) is 6.44. The highest BCUT2D eigenvalue weighted by Crippen LogP contribution is 2.25. The van der Waals surface area contributed by atoms with Crippen LogP contribution in [0.2, 0.25) is 0 Å². The van der Waals surface area contributed by atoms with Gasteiger partial charge < -0.3 is 4.40 Å². The molecule has 96 valence electrons. The number of aromatic nitrogens is 2. The third-order valence-electron chi connectivity index (χ3n) is 3.50. The summed E-state index contributed by atoms with van der Waals surface area (Å²) in [5.41, 5.74) is 2.03. The fourth-order valence-corrected chi connectivity index (χ4v) is 2.51. The normalized spacial score (nSPS) is 11.2. The lowest BCUT2D eigenvalue weighted by Gasteiger charge is -1.98. The topological polar surface area (TPSA) is 17.3 Å². The van der Waals surface area contributed by atoms with Crippen molar-refractivity contribution in [1.82, 2.24) is 9.38 Å². The lowest BCUT2D eigenvalue weighted by atomic mass is 10.1. The van der Waals surface area contributed by atoms with Crippen LogP contribution >= 0.6 is 0 Å². The van der Waals surface area contributed by atoms with E-state index in [-0.39, 0.29) is 5.82 Å². The van der Waals surface area contributed by atoms with Gasteiger partial charge in [0.15, 0.2) is 0 Å². The Kier molecular flexibility index (Phi) is 2.33. The molecule has 0 unspecified atom stereocenters. The van der Waals surface area contributed by atoms with Crippen molar-refractivity contribution in [3.8, 4) is 11.3 Å². The van der Waals surface area contributed by atoms with Crippen LogP contribution in [0.15, 0.2) is 67.0 Å². The minimum atomic E-state index is -0.250. The summed E-state index contributed by atoms with van der Waals surface area (Å²) in [4.78, 5) is 4.59. The predicted molar refractivity (Wildman–Crippen MR) is 78.1 cm³/mol. The summed E-state index contributed by atoms with van der Waals surface area (Å²) < 4.78 is 15.8. The van der Waals surface area contributed by atoms with E-state index in [1.807, 2.05) is 53.2 Å². The molecule has 0 aliphatic heterocycles. The Bertz CT molecular complexity index is 924. The summed E-state index contributed by atoms with van der Waals surface area (Å²) in [6, 6.07) is 16.8. The highest BCUT2D eigenvalue weighted by atomic mass is 19.1. The van der Waals surface area contributed by atoms with Gasteiger partial charge in [0.25, 0.3) is 0 Å². The number of nitrogens with zero attached hydrogens (tertiary/aromatic N) is 2. The maximum atomic E-state index is 13.9. The summed E-state index contributed by atoms with van der Waals surface area (Å²) >= 11 is 0. The van der Waals surface area contributed by atoms with Gasteiger partial charge in [-0.1, -0.05) is 36.4 Å². The van der Waals surface area contributed by atoms with Crippen molar-refractivity contribution in [2.24, 2.45) is 0 Å². The highest BCUT2D eigenvalue weighted by Gasteiger charge is 2.10. The van der Waals surface area contributed by atoms with Crippen molar-refractivity contribution in [3.63, 3.8) is 0 Å². The van der Waals surface area contributed by atoms with Crippen LogP contribution in [0.1, 0.15) is 0 Å². The van der Waals surface area contributed by atoms with Crippen LogP contribution in [0.25, 0.3) is 27.7 Å². The van der Waals surface area contributed by atoms with Crippen molar-refractivity contribution in [1.29, 1.82) is 0 Å². The van der Waals surface area contributed by atoms with E-state index in [0.29, 0.717) is 11.3 Å². The Balaban J connectivity index is 2.04. The van der Waals surface area contributed by atoms with Crippen molar-refractivity contribution in [2.45, 2.75) is 0 Å². The van der Waals surface area contributed by atoms with E-state index in [2.05, 4.69) is 4.98 Å². The molecule has 2 heterocycles. The predicted octanol–water partition coefficient (Wildman–Crippen LogP) is 4.29. The van der Waals surface area contributed by atoms with E-state index in [1.165, 1.54) is 6.07 Å². The number of hydrogen-bond donors (Lipinski definition) is 0. The molecule has 3 heteroatoms. The van der Waals surface area contributed by atoms with Crippen LogP contribution in [0.5, 0.6) is 0 Å². The second-order valence-electron chi connectivity index (χ2n) is 4.74. The van der Waals surface area contributed by atoms with Gasteiger partial charge in [-0.25, -0.2) is 9.37 Å². The number of fused-ring (bicyclic) bond motifs is 3. The summed E-state index contributed by atoms with van der Waals surface area (Å²) in [6.45, 7) is 0. The van der Waals surface area contributed by atoms with Crippen LogP contribution in [-0.4, -0.2) is 9.38 Å². The van der Waals surface area contributed by atoms with Gasteiger partial charge in [0.05, 0.1) is 5.69 Å². The van der Waals surface area contributed by atoms with E-state index in [0.717, 1.165) is 16.4 Å². The number of halogens is 1. The molecule has 2 aromatic carbocycles. The molecule has 20 heavy (non-hydrogen) atoms. The molecule has 0 radical (unpaired) electrons. The van der Waals surface area contributed by atoms with Gasteiger partial charge in [-0.3, -0.25) is 0 Å². The van der Waals surface area contributed by atoms with Crippen molar-refractivity contribution < 1.29 is 4.39 Å². The Morgan fingerprint density at radius 3 is 2.60 bits per heavy atom. The van der Waals surface area contributed by atoms with Gasteiger partial charge in [-0.15, -0.1) is 0 Å². The van der Waals surface area contributed by atoms with E-state index in [4.69, 9.17) is 0 Å². The van der Waals surface area contributed by atoms with E-state index in [9.17, 15) is 4.39 Å². The summed E-state index contributed by atoms with van der Waals surface area (Å²) in [6.07, 6.45) is 3.81. The molecular formula is C17H11FN2. The fraction of sp³-hybridized carbons (Fsp3) is 0. The minimum Gasteiger partial charge on any atom is -0.306 e. The van der Waals surface area contributed by atoms with Gasteiger partial charge in [-0.2, -0.15) is 0 Å². The number of hydrogen-bond acceptors (Lipinski definition) is 1. The molecule has 0 saturated carbocycles. The molecule has 0 bridgehead atoms. The van der Waals surface area contributed by atoms with Gasteiger partial charge in [0.1, 0.15) is 11.5 Å². The van der Waals surface area contributed by atoms with Crippen molar-refractivity contribution in [3.05, 3.63) is 72.8 Å². The SMILES string of the molecule is Fc1ccccc1-c1cn2ccc3ccccc3c2n1. The molecule has 0 atom stereocenters. The smallest absolute Gasteiger partial charge is 0.145 e. The molecule has 0 spiro atoms. The minimum absolute atomic E-state index is 0.250. The lowest BCUT2D eigenvalue weighted by molar-refractivity contribution is 0.631. The van der Waals surface area contributed by atoms with Crippen LogP contribution in [-0.2, 0) is 0 Å². The van der Waals surface area contributed by atoms with Crippen molar-refractivity contribution in [2.75, 3.05) is 0 Å². The molecule has 0 N–H and O–H groups in total. The molecule has 2 aromatic heterocycles. The molecular weight excluding hydrogens is 251 g/mol. The quantitative estimate of drug-likeness (QED) is 0.500. The molecule has 4 rings (SSSR count). The monoisotopic (exact) mass is 262 g/mol. The fourth-order valence-electron chi connectivity index (χ4n) is 2.51. The van der Waals surface area contributed by atoms with Crippen LogP contribution in [0.4, 0.5) is 4.39 Å². The van der Waals surface area contributed by atoms with Crippen LogP contribution < -0.4 is 0 Å². The highest BCUT2D eigenvalue weighted by molar-refractivity contribution is 5.94. The molecule has 0 aliphatic carbocycles. The maximum absolute atomic E-state index is 13.9. The van der Waals surface area contributed by atoms with Gasteiger partial charge in [0.2, 0.25) is 0 Å². The summed E-state index contributed by atoms with van der Waals surface area (Å²) in [5, 5.41) is 2.20. The first-order valence-corrected chi connectivity index (χ1v) is 6.44. The largest absolute Gasteiger partial charge is 0.306 e. The zero-order valence-corrected chi connectivity index (χ0v) is 10.6. The Morgan fingerprint density at radius 1 is 0.900 bits per heavy atom. The van der Waals surface area contributed by atoms with Gasteiger partial charge in [0, 0.05) is 23.3 Å². The number of benzene rings is 2. The molecule has 0 fully saturated rings. The van der Waals surface area contributed by atoms with Gasteiger partial charge in [-0.05, 0) is 23.6 Å². The molecule has 0 aliphatic rings. The first kappa shape index (κ1) is 11.2. The molecule has 2 nitrogen and oxygen atoms in total. The standard InChI is InChI=1S/C17H11FN2/c18-15-8-4-3-7-14(15)16-11-20-10-9-12-5-1-2-6-13(12)17(20)19-16/h1-11H. The second-order valence-corrected chi connectivity index (χ2v) is 4.74. The van der Waals surface area contributed by atoms with Gasteiger partial charge >= 0.3 is 0 Å². The van der Waals surface area contributed by atoms with Crippen molar-refractivity contribution >= 4 is 16.4 Å². The molecule has 0 saturated heterocycles. The molecule has 0 amide bonds.